The number of hydrogen-bond donors (Lipinski definition) is 2. The molecule has 1 fully saturated rings. The molecule has 0 radical (unpaired) electrons. The molecule has 110 valence electrons. The molecule has 6 heteroatoms. The van der Waals surface area contributed by atoms with Crippen LogP contribution in [0.3, 0.4) is 0 Å². The van der Waals surface area contributed by atoms with Gasteiger partial charge in [0.1, 0.15) is 0 Å². The van der Waals surface area contributed by atoms with Gasteiger partial charge in [-0.1, -0.05) is 0 Å². The minimum atomic E-state index is -0.0874. The van der Waals surface area contributed by atoms with Crippen molar-refractivity contribution < 1.29 is 9.59 Å². The lowest BCUT2D eigenvalue weighted by Gasteiger charge is -2.19. The van der Waals surface area contributed by atoms with Crippen LogP contribution in [0, 0.1) is 5.92 Å². The molecule has 2 N–H and O–H groups in total. The van der Waals surface area contributed by atoms with Gasteiger partial charge < -0.3 is 15.5 Å². The molecule has 5 nitrogen and oxygen atoms in total. The van der Waals surface area contributed by atoms with Crippen molar-refractivity contribution in [1.29, 1.82) is 0 Å². The van der Waals surface area contributed by atoms with Crippen LogP contribution in [0.5, 0.6) is 0 Å². The molecule has 0 bridgehead atoms. The van der Waals surface area contributed by atoms with E-state index in [9.17, 15) is 9.59 Å². The highest BCUT2D eigenvalue weighted by atomic mass is 32.1. The van der Waals surface area contributed by atoms with Gasteiger partial charge in [0.15, 0.2) is 0 Å². The fourth-order valence-corrected chi connectivity index (χ4v) is 2.43. The predicted octanol–water partition coefficient (Wildman–Crippen LogP) is 1.78. The Morgan fingerprint density at radius 2 is 2.10 bits per heavy atom. The van der Waals surface area contributed by atoms with Crippen LogP contribution < -0.4 is 10.6 Å². The zero-order chi connectivity index (χ0) is 14.7. The summed E-state index contributed by atoms with van der Waals surface area (Å²) in [6, 6.07) is 3.82. The molecule has 1 heterocycles. The molecule has 1 aromatic rings. The Bertz CT molecular complexity index is 494. The molecular weight excluding hydrogens is 274 g/mol. The molecule has 1 saturated carbocycles. The maximum Gasteiger partial charge on any atom is 0.261 e. The number of nitrogens with zero attached hydrogens (tertiary/aromatic N) is 1. The van der Waals surface area contributed by atoms with E-state index in [1.165, 1.54) is 11.3 Å². The summed E-state index contributed by atoms with van der Waals surface area (Å²) in [5.74, 6) is 0.158. The van der Waals surface area contributed by atoms with Gasteiger partial charge in [0, 0.05) is 18.5 Å². The van der Waals surface area contributed by atoms with Crippen molar-refractivity contribution in [3.05, 3.63) is 17.0 Å². The van der Waals surface area contributed by atoms with E-state index in [0.717, 1.165) is 17.8 Å². The van der Waals surface area contributed by atoms with Gasteiger partial charge in [0.2, 0.25) is 5.91 Å². The second-order valence-corrected chi connectivity index (χ2v) is 6.53. The average molecular weight is 295 g/mol. The Labute approximate surface area is 123 Å². The third kappa shape index (κ3) is 4.05. The van der Waals surface area contributed by atoms with E-state index in [1.54, 1.807) is 12.1 Å². The number of carbonyl (C=O) groups excluding carboxylic acids is 2. The van der Waals surface area contributed by atoms with Crippen molar-refractivity contribution in [2.24, 2.45) is 5.92 Å². The molecule has 2 rings (SSSR count). The zero-order valence-corrected chi connectivity index (χ0v) is 12.9. The van der Waals surface area contributed by atoms with Crippen LogP contribution in [-0.2, 0) is 4.79 Å². The molecule has 1 aromatic heterocycles. The van der Waals surface area contributed by atoms with Crippen LogP contribution in [0.4, 0.5) is 5.00 Å². The Hall–Kier alpha value is -1.40. The van der Waals surface area contributed by atoms with Crippen molar-refractivity contribution in [3.63, 3.8) is 0 Å². The Morgan fingerprint density at radius 3 is 2.70 bits per heavy atom. The van der Waals surface area contributed by atoms with Crippen LogP contribution in [0.25, 0.3) is 0 Å². The second kappa shape index (κ2) is 6.37. The number of thiophene rings is 1. The third-order valence-corrected chi connectivity index (χ3v) is 4.46. The van der Waals surface area contributed by atoms with Gasteiger partial charge in [-0.15, -0.1) is 11.3 Å². The average Bonchev–Trinajstić information content (AvgIpc) is 3.16. The first-order chi connectivity index (χ1) is 9.47. The number of anilines is 1. The Morgan fingerprint density at radius 1 is 1.40 bits per heavy atom. The number of likely N-dealkylation sites (N-methyl/N-ethyl adjacent to an activating group) is 1. The molecular formula is C14H21N3O2S. The predicted molar refractivity (Wildman–Crippen MR) is 81.2 cm³/mol. The van der Waals surface area contributed by atoms with E-state index >= 15 is 0 Å². The minimum absolute atomic E-state index is 0.0695. The molecule has 1 unspecified atom stereocenters. The molecule has 20 heavy (non-hydrogen) atoms. The number of rotatable bonds is 6. The summed E-state index contributed by atoms with van der Waals surface area (Å²) in [7, 11) is 3.96. The maximum absolute atomic E-state index is 12.0. The highest BCUT2D eigenvalue weighted by molar-refractivity contribution is 7.18. The van der Waals surface area contributed by atoms with Gasteiger partial charge in [-0.25, -0.2) is 0 Å². The van der Waals surface area contributed by atoms with Crippen molar-refractivity contribution in [3.8, 4) is 0 Å². The lowest BCUT2D eigenvalue weighted by atomic mass is 10.3. The van der Waals surface area contributed by atoms with E-state index in [-0.39, 0.29) is 23.8 Å². The van der Waals surface area contributed by atoms with Crippen LogP contribution in [-0.4, -0.2) is 43.4 Å². The summed E-state index contributed by atoms with van der Waals surface area (Å²) in [6.45, 7) is 2.66. The summed E-state index contributed by atoms with van der Waals surface area (Å²) in [5.41, 5.74) is 0. The number of hydrogen-bond acceptors (Lipinski definition) is 4. The highest BCUT2D eigenvalue weighted by Gasteiger charge is 2.29. The van der Waals surface area contributed by atoms with Gasteiger partial charge in [-0.05, 0) is 46.0 Å². The molecule has 1 atom stereocenters. The van der Waals surface area contributed by atoms with Gasteiger partial charge in [-0.3, -0.25) is 9.59 Å². The molecule has 0 saturated heterocycles. The fourth-order valence-electron chi connectivity index (χ4n) is 1.61. The van der Waals surface area contributed by atoms with E-state index in [1.807, 2.05) is 14.1 Å². The third-order valence-electron chi connectivity index (χ3n) is 3.46. The Kier molecular flexibility index (Phi) is 4.77. The zero-order valence-electron chi connectivity index (χ0n) is 12.1. The first-order valence-corrected chi connectivity index (χ1v) is 7.64. The van der Waals surface area contributed by atoms with E-state index in [0.29, 0.717) is 11.4 Å². The summed E-state index contributed by atoms with van der Waals surface area (Å²) < 4.78 is 0. The molecule has 1 aliphatic carbocycles. The van der Waals surface area contributed by atoms with Gasteiger partial charge >= 0.3 is 0 Å². The van der Waals surface area contributed by atoms with Crippen molar-refractivity contribution in [1.82, 2.24) is 10.2 Å². The number of carbonyl (C=O) groups is 2. The lowest BCUT2D eigenvalue weighted by Crippen LogP contribution is -2.37. The molecule has 1 aliphatic rings. The summed E-state index contributed by atoms with van der Waals surface area (Å²) in [6.07, 6.45) is 1.96. The molecule has 0 spiro atoms. The van der Waals surface area contributed by atoms with Gasteiger partial charge in [0.05, 0.1) is 9.88 Å². The van der Waals surface area contributed by atoms with Crippen LogP contribution >= 0.6 is 11.3 Å². The standard InChI is InChI=1S/C14H21N3O2S/c1-9(17(2)3)8-15-14(19)11-6-7-12(20-11)16-13(18)10-4-5-10/h6-7,9-10H,4-5,8H2,1-3H3,(H,15,19)(H,16,18). The van der Waals surface area contributed by atoms with E-state index in [2.05, 4.69) is 22.5 Å². The van der Waals surface area contributed by atoms with Crippen LogP contribution in [0.2, 0.25) is 0 Å². The van der Waals surface area contributed by atoms with Crippen LogP contribution in [0.1, 0.15) is 29.4 Å². The smallest absolute Gasteiger partial charge is 0.261 e. The monoisotopic (exact) mass is 295 g/mol. The molecule has 0 aliphatic heterocycles. The fraction of sp³-hybridized carbons (Fsp3) is 0.571. The second-order valence-electron chi connectivity index (χ2n) is 5.45. The number of amides is 2. The lowest BCUT2D eigenvalue weighted by molar-refractivity contribution is -0.117. The molecule has 0 aromatic carbocycles. The maximum atomic E-state index is 12.0. The largest absolute Gasteiger partial charge is 0.350 e. The van der Waals surface area contributed by atoms with Gasteiger partial charge in [0.25, 0.3) is 5.91 Å². The van der Waals surface area contributed by atoms with Crippen LogP contribution in [0.15, 0.2) is 12.1 Å². The van der Waals surface area contributed by atoms with Gasteiger partial charge in [-0.2, -0.15) is 0 Å². The highest BCUT2D eigenvalue weighted by Crippen LogP contribution is 2.31. The quantitative estimate of drug-likeness (QED) is 0.841. The SMILES string of the molecule is CC(CNC(=O)c1ccc(NC(=O)C2CC2)s1)N(C)C. The first-order valence-electron chi connectivity index (χ1n) is 6.82. The minimum Gasteiger partial charge on any atom is -0.350 e. The van der Waals surface area contributed by atoms with Crippen molar-refractivity contribution in [2.45, 2.75) is 25.8 Å². The van der Waals surface area contributed by atoms with E-state index in [4.69, 9.17) is 0 Å². The molecule has 2 amide bonds. The van der Waals surface area contributed by atoms with Crippen molar-refractivity contribution in [2.75, 3.05) is 26.0 Å². The number of nitrogens with one attached hydrogen (secondary N) is 2. The summed E-state index contributed by atoms with van der Waals surface area (Å²) >= 11 is 1.32. The Balaban J connectivity index is 1.84. The topological polar surface area (TPSA) is 61.4 Å². The first kappa shape index (κ1) is 15.0. The van der Waals surface area contributed by atoms with E-state index < -0.39 is 0 Å². The van der Waals surface area contributed by atoms with Crippen molar-refractivity contribution >= 4 is 28.2 Å². The summed E-state index contributed by atoms with van der Waals surface area (Å²) in [4.78, 5) is 26.3. The normalized spacial score (nSPS) is 16.0. The summed E-state index contributed by atoms with van der Waals surface area (Å²) in [5, 5.41) is 6.50.